The molecule has 2 heterocycles. The number of likely N-dealkylation sites (N-methyl/N-ethyl adjacent to an activating group) is 1. The Morgan fingerprint density at radius 1 is 1.35 bits per heavy atom. The molecule has 106 valence electrons. The Morgan fingerprint density at radius 2 is 2.25 bits per heavy atom. The molecule has 0 saturated carbocycles. The summed E-state index contributed by atoms with van der Waals surface area (Å²) in [5.74, 6) is 0.546. The largest absolute Gasteiger partial charge is 0.376 e. The summed E-state index contributed by atoms with van der Waals surface area (Å²) in [6.45, 7) is 1.64. The Labute approximate surface area is 117 Å². The zero-order valence-electron chi connectivity index (χ0n) is 11.6. The number of fused-ring (bicyclic) bond motifs is 1. The van der Waals surface area contributed by atoms with E-state index in [1.165, 1.54) is 24.9 Å². The average Bonchev–Trinajstić information content (AvgIpc) is 2.47. The van der Waals surface area contributed by atoms with Gasteiger partial charge in [0.1, 0.15) is 18.0 Å². The molecular formula is C15H18FN3O. The molecule has 2 aromatic rings. The van der Waals surface area contributed by atoms with E-state index in [0.717, 1.165) is 37.2 Å². The van der Waals surface area contributed by atoms with Gasteiger partial charge in [0, 0.05) is 31.7 Å². The lowest BCUT2D eigenvalue weighted by Crippen LogP contribution is -2.33. The highest BCUT2D eigenvalue weighted by Gasteiger charge is 2.18. The van der Waals surface area contributed by atoms with Crippen LogP contribution in [-0.2, 0) is 4.74 Å². The second kappa shape index (κ2) is 5.71. The van der Waals surface area contributed by atoms with Crippen molar-refractivity contribution in [3.63, 3.8) is 0 Å². The first kappa shape index (κ1) is 13.2. The first-order valence-electron chi connectivity index (χ1n) is 6.97. The number of hydrogen-bond acceptors (Lipinski definition) is 4. The molecule has 0 radical (unpaired) electrons. The molecule has 0 spiro atoms. The summed E-state index contributed by atoms with van der Waals surface area (Å²) in [4.78, 5) is 10.5. The van der Waals surface area contributed by atoms with Crippen molar-refractivity contribution in [2.24, 2.45) is 0 Å². The first-order valence-corrected chi connectivity index (χ1v) is 6.97. The van der Waals surface area contributed by atoms with Gasteiger partial charge in [-0.15, -0.1) is 0 Å². The van der Waals surface area contributed by atoms with Crippen LogP contribution in [0, 0.1) is 5.82 Å². The summed E-state index contributed by atoms with van der Waals surface area (Å²) in [6, 6.07) is 4.61. The van der Waals surface area contributed by atoms with Crippen molar-refractivity contribution in [1.82, 2.24) is 9.97 Å². The molecule has 5 heteroatoms. The molecule has 4 nitrogen and oxygen atoms in total. The predicted octanol–water partition coefficient (Wildman–Crippen LogP) is 2.77. The molecule has 0 bridgehead atoms. The quantitative estimate of drug-likeness (QED) is 0.863. The lowest BCUT2D eigenvalue weighted by molar-refractivity contribution is 0.0215. The Balaban J connectivity index is 1.85. The minimum absolute atomic E-state index is 0.249. The van der Waals surface area contributed by atoms with Crippen LogP contribution in [0.5, 0.6) is 0 Å². The predicted molar refractivity (Wildman–Crippen MR) is 76.4 cm³/mol. The van der Waals surface area contributed by atoms with Crippen molar-refractivity contribution in [2.75, 3.05) is 25.1 Å². The van der Waals surface area contributed by atoms with E-state index in [0.29, 0.717) is 5.52 Å². The molecule has 1 atom stereocenters. The van der Waals surface area contributed by atoms with E-state index in [9.17, 15) is 4.39 Å². The van der Waals surface area contributed by atoms with Gasteiger partial charge in [-0.3, -0.25) is 0 Å². The Hall–Kier alpha value is -1.75. The smallest absolute Gasteiger partial charge is 0.139 e. The van der Waals surface area contributed by atoms with Crippen LogP contribution in [0.4, 0.5) is 10.2 Å². The second-order valence-electron chi connectivity index (χ2n) is 5.23. The zero-order chi connectivity index (χ0) is 13.9. The molecule has 0 amide bonds. The lowest BCUT2D eigenvalue weighted by Gasteiger charge is -2.28. The monoisotopic (exact) mass is 275 g/mol. The molecule has 1 aliphatic heterocycles. The summed E-state index contributed by atoms with van der Waals surface area (Å²) in [5, 5.41) is 0.868. The number of rotatable bonds is 3. The van der Waals surface area contributed by atoms with Crippen molar-refractivity contribution in [3.05, 3.63) is 30.3 Å². The van der Waals surface area contributed by atoms with Crippen LogP contribution in [0.3, 0.4) is 0 Å². The number of anilines is 1. The standard InChI is InChI=1S/C15H18FN3O/c1-19(9-12-4-2-3-7-20-12)15-13-6-5-11(16)8-14(13)17-10-18-15/h5-6,8,10,12H,2-4,7,9H2,1H3. The summed E-state index contributed by atoms with van der Waals surface area (Å²) in [5.41, 5.74) is 0.631. The van der Waals surface area contributed by atoms with Gasteiger partial charge in [0.25, 0.3) is 0 Å². The summed E-state index contributed by atoms with van der Waals surface area (Å²) in [7, 11) is 1.99. The minimum atomic E-state index is -0.277. The van der Waals surface area contributed by atoms with E-state index in [4.69, 9.17) is 4.74 Å². The number of hydrogen-bond donors (Lipinski definition) is 0. The SMILES string of the molecule is CN(CC1CCCCO1)c1ncnc2cc(F)ccc12. The van der Waals surface area contributed by atoms with Crippen LogP contribution in [-0.4, -0.2) is 36.3 Å². The van der Waals surface area contributed by atoms with E-state index in [-0.39, 0.29) is 11.9 Å². The molecular weight excluding hydrogens is 257 g/mol. The van der Waals surface area contributed by atoms with E-state index in [1.54, 1.807) is 6.07 Å². The molecule has 1 fully saturated rings. The van der Waals surface area contributed by atoms with Gasteiger partial charge < -0.3 is 9.64 Å². The number of halogens is 1. The first-order chi connectivity index (χ1) is 9.74. The molecule has 0 N–H and O–H groups in total. The molecule has 1 aromatic carbocycles. The summed E-state index contributed by atoms with van der Waals surface area (Å²) < 4.78 is 19.0. The van der Waals surface area contributed by atoms with Gasteiger partial charge in [0.2, 0.25) is 0 Å². The highest BCUT2D eigenvalue weighted by atomic mass is 19.1. The zero-order valence-corrected chi connectivity index (χ0v) is 11.6. The second-order valence-corrected chi connectivity index (χ2v) is 5.23. The Bertz CT molecular complexity index is 599. The van der Waals surface area contributed by atoms with Gasteiger partial charge in [-0.25, -0.2) is 14.4 Å². The van der Waals surface area contributed by atoms with Crippen molar-refractivity contribution >= 4 is 16.7 Å². The van der Waals surface area contributed by atoms with Gasteiger partial charge in [-0.1, -0.05) is 0 Å². The maximum Gasteiger partial charge on any atom is 0.139 e. The number of nitrogens with zero attached hydrogens (tertiary/aromatic N) is 3. The van der Waals surface area contributed by atoms with Crippen LogP contribution in [0.25, 0.3) is 10.9 Å². The van der Waals surface area contributed by atoms with Crippen LogP contribution < -0.4 is 4.90 Å². The van der Waals surface area contributed by atoms with Gasteiger partial charge in [0.15, 0.2) is 0 Å². The normalized spacial score (nSPS) is 19.2. The van der Waals surface area contributed by atoms with Crippen molar-refractivity contribution in [2.45, 2.75) is 25.4 Å². The number of aromatic nitrogens is 2. The molecule has 3 rings (SSSR count). The molecule has 1 aromatic heterocycles. The summed E-state index contributed by atoms with van der Waals surface area (Å²) >= 11 is 0. The van der Waals surface area contributed by atoms with Crippen molar-refractivity contribution in [1.29, 1.82) is 0 Å². The average molecular weight is 275 g/mol. The fourth-order valence-corrected chi connectivity index (χ4v) is 2.66. The molecule has 1 aliphatic rings. The van der Waals surface area contributed by atoms with E-state index in [1.807, 2.05) is 7.05 Å². The van der Waals surface area contributed by atoms with E-state index >= 15 is 0 Å². The van der Waals surface area contributed by atoms with Crippen molar-refractivity contribution < 1.29 is 9.13 Å². The van der Waals surface area contributed by atoms with Crippen LogP contribution in [0.2, 0.25) is 0 Å². The minimum Gasteiger partial charge on any atom is -0.376 e. The van der Waals surface area contributed by atoms with Gasteiger partial charge in [-0.05, 0) is 31.4 Å². The number of benzene rings is 1. The highest BCUT2D eigenvalue weighted by molar-refractivity contribution is 5.89. The molecule has 20 heavy (non-hydrogen) atoms. The van der Waals surface area contributed by atoms with Crippen molar-refractivity contribution in [3.8, 4) is 0 Å². The number of ether oxygens (including phenoxy) is 1. The third-order valence-corrected chi connectivity index (χ3v) is 3.69. The highest BCUT2D eigenvalue weighted by Crippen LogP contribution is 2.24. The van der Waals surface area contributed by atoms with Crippen LogP contribution in [0.15, 0.2) is 24.5 Å². The fraction of sp³-hybridized carbons (Fsp3) is 0.467. The lowest BCUT2D eigenvalue weighted by atomic mass is 10.1. The summed E-state index contributed by atoms with van der Waals surface area (Å²) in [6.07, 6.45) is 5.18. The molecule has 0 aliphatic carbocycles. The maximum absolute atomic E-state index is 13.2. The third kappa shape index (κ3) is 2.72. The van der Waals surface area contributed by atoms with E-state index in [2.05, 4.69) is 14.9 Å². The Morgan fingerprint density at radius 3 is 3.05 bits per heavy atom. The third-order valence-electron chi connectivity index (χ3n) is 3.69. The van der Waals surface area contributed by atoms with Gasteiger partial charge in [-0.2, -0.15) is 0 Å². The van der Waals surface area contributed by atoms with Gasteiger partial charge in [0.05, 0.1) is 11.6 Å². The van der Waals surface area contributed by atoms with Crippen LogP contribution >= 0.6 is 0 Å². The van der Waals surface area contributed by atoms with Crippen LogP contribution in [0.1, 0.15) is 19.3 Å². The fourth-order valence-electron chi connectivity index (χ4n) is 2.66. The van der Waals surface area contributed by atoms with Gasteiger partial charge >= 0.3 is 0 Å². The molecule has 1 unspecified atom stereocenters. The van der Waals surface area contributed by atoms with E-state index < -0.39 is 0 Å². The maximum atomic E-state index is 13.2. The topological polar surface area (TPSA) is 38.2 Å². The molecule has 1 saturated heterocycles. The Kier molecular flexibility index (Phi) is 3.78.